The standard InChI is InChI=1S/C10H11N3O2/c1-6(2)8-11-9-7(10(14)15)4-3-5-13(9)12-8/h3-6H,1-2H3,(H,14,15). The molecule has 15 heavy (non-hydrogen) atoms. The van der Waals surface area contributed by atoms with Crippen LogP contribution < -0.4 is 0 Å². The molecule has 1 N–H and O–H groups in total. The van der Waals surface area contributed by atoms with Crippen molar-refractivity contribution in [3.63, 3.8) is 0 Å². The zero-order valence-corrected chi connectivity index (χ0v) is 8.51. The van der Waals surface area contributed by atoms with Crippen molar-refractivity contribution >= 4 is 11.6 Å². The summed E-state index contributed by atoms with van der Waals surface area (Å²) in [7, 11) is 0. The molecule has 0 amide bonds. The van der Waals surface area contributed by atoms with Gasteiger partial charge in [0.05, 0.1) is 0 Å². The van der Waals surface area contributed by atoms with Gasteiger partial charge in [0.15, 0.2) is 11.5 Å². The monoisotopic (exact) mass is 205 g/mol. The SMILES string of the molecule is CC(C)c1nc2c(C(=O)O)cccn2n1. The molecule has 2 rings (SSSR count). The molecule has 0 spiro atoms. The molecule has 5 heteroatoms. The molecule has 0 aliphatic rings. The summed E-state index contributed by atoms with van der Waals surface area (Å²) in [5.41, 5.74) is 0.575. The largest absolute Gasteiger partial charge is 0.478 e. The Hall–Kier alpha value is -1.91. The minimum atomic E-state index is -0.983. The second-order valence-electron chi connectivity index (χ2n) is 3.62. The predicted octanol–water partition coefficient (Wildman–Crippen LogP) is 1.55. The van der Waals surface area contributed by atoms with Gasteiger partial charge in [0.25, 0.3) is 0 Å². The Morgan fingerprint density at radius 1 is 1.53 bits per heavy atom. The second-order valence-corrected chi connectivity index (χ2v) is 3.62. The van der Waals surface area contributed by atoms with Crippen LogP contribution in [0.15, 0.2) is 18.3 Å². The first kappa shape index (κ1) is 9.64. The summed E-state index contributed by atoms with van der Waals surface area (Å²) in [4.78, 5) is 15.1. The maximum Gasteiger partial charge on any atom is 0.339 e. The van der Waals surface area contributed by atoms with Gasteiger partial charge < -0.3 is 5.11 Å². The summed E-state index contributed by atoms with van der Waals surface area (Å²) in [6, 6.07) is 3.17. The maximum atomic E-state index is 10.9. The minimum Gasteiger partial charge on any atom is -0.478 e. The lowest BCUT2D eigenvalue weighted by Crippen LogP contribution is -2.00. The Kier molecular flexibility index (Phi) is 2.15. The third kappa shape index (κ3) is 1.56. The summed E-state index contributed by atoms with van der Waals surface area (Å²) < 4.78 is 1.50. The first-order valence-corrected chi connectivity index (χ1v) is 4.68. The Labute approximate surface area is 86.4 Å². The van der Waals surface area contributed by atoms with Crippen LogP contribution in [0.3, 0.4) is 0 Å². The van der Waals surface area contributed by atoms with Crippen LogP contribution in [0.25, 0.3) is 5.65 Å². The number of fused-ring (bicyclic) bond motifs is 1. The summed E-state index contributed by atoms with van der Waals surface area (Å²) in [5, 5.41) is 13.1. The number of aromatic carboxylic acids is 1. The molecule has 2 aromatic rings. The first-order valence-electron chi connectivity index (χ1n) is 4.68. The lowest BCUT2D eigenvalue weighted by molar-refractivity contribution is 0.0698. The van der Waals surface area contributed by atoms with Crippen molar-refractivity contribution in [1.82, 2.24) is 14.6 Å². The van der Waals surface area contributed by atoms with Gasteiger partial charge in [-0.1, -0.05) is 13.8 Å². The van der Waals surface area contributed by atoms with Crippen LogP contribution in [0.2, 0.25) is 0 Å². The van der Waals surface area contributed by atoms with Crippen molar-refractivity contribution < 1.29 is 9.90 Å². The highest BCUT2D eigenvalue weighted by Gasteiger charge is 2.13. The minimum absolute atomic E-state index is 0.178. The topological polar surface area (TPSA) is 67.5 Å². The maximum absolute atomic E-state index is 10.9. The quantitative estimate of drug-likeness (QED) is 0.807. The summed E-state index contributed by atoms with van der Waals surface area (Å²) in [6.45, 7) is 3.93. The molecule has 0 fully saturated rings. The van der Waals surface area contributed by atoms with E-state index in [9.17, 15) is 4.79 Å². The third-order valence-corrected chi connectivity index (χ3v) is 2.13. The number of hydrogen-bond donors (Lipinski definition) is 1. The molecular formula is C10H11N3O2. The zero-order valence-electron chi connectivity index (χ0n) is 8.51. The fourth-order valence-corrected chi connectivity index (χ4v) is 1.33. The van der Waals surface area contributed by atoms with E-state index in [0.717, 1.165) is 0 Å². The van der Waals surface area contributed by atoms with Crippen molar-refractivity contribution in [3.05, 3.63) is 29.7 Å². The van der Waals surface area contributed by atoms with Gasteiger partial charge in [-0.2, -0.15) is 5.10 Å². The number of carboxylic acid groups (broad SMARTS) is 1. The summed E-state index contributed by atoms with van der Waals surface area (Å²) >= 11 is 0. The highest BCUT2D eigenvalue weighted by Crippen LogP contribution is 2.13. The van der Waals surface area contributed by atoms with Crippen molar-refractivity contribution in [3.8, 4) is 0 Å². The van der Waals surface area contributed by atoms with E-state index in [2.05, 4.69) is 10.1 Å². The molecule has 0 atom stereocenters. The van der Waals surface area contributed by atoms with Gasteiger partial charge in [0.2, 0.25) is 0 Å². The van der Waals surface area contributed by atoms with Gasteiger partial charge in [-0.25, -0.2) is 14.3 Å². The van der Waals surface area contributed by atoms with Crippen molar-refractivity contribution in [2.24, 2.45) is 0 Å². The van der Waals surface area contributed by atoms with Gasteiger partial charge in [-0.05, 0) is 12.1 Å². The number of nitrogens with zero attached hydrogens (tertiary/aromatic N) is 3. The van der Waals surface area contributed by atoms with Crippen LogP contribution in [0.1, 0.15) is 35.9 Å². The zero-order chi connectivity index (χ0) is 11.0. The number of carbonyl (C=O) groups is 1. The molecule has 2 heterocycles. The van der Waals surface area contributed by atoms with E-state index in [1.807, 2.05) is 13.8 Å². The average molecular weight is 205 g/mol. The molecule has 5 nitrogen and oxygen atoms in total. The lowest BCUT2D eigenvalue weighted by atomic mass is 10.2. The van der Waals surface area contributed by atoms with Crippen LogP contribution >= 0.6 is 0 Å². The third-order valence-electron chi connectivity index (χ3n) is 2.13. The lowest BCUT2D eigenvalue weighted by Gasteiger charge is -1.94. The van der Waals surface area contributed by atoms with Gasteiger partial charge in [0.1, 0.15) is 5.56 Å². The van der Waals surface area contributed by atoms with E-state index in [0.29, 0.717) is 11.5 Å². The van der Waals surface area contributed by atoms with Crippen molar-refractivity contribution in [1.29, 1.82) is 0 Å². The molecular weight excluding hydrogens is 194 g/mol. The highest BCUT2D eigenvalue weighted by atomic mass is 16.4. The molecule has 0 aromatic carbocycles. The number of pyridine rings is 1. The molecule has 0 unspecified atom stereocenters. The Morgan fingerprint density at radius 2 is 2.27 bits per heavy atom. The van der Waals surface area contributed by atoms with E-state index in [1.165, 1.54) is 10.6 Å². The van der Waals surface area contributed by atoms with Crippen LogP contribution in [0.4, 0.5) is 0 Å². The Balaban J connectivity index is 2.70. The van der Waals surface area contributed by atoms with Gasteiger partial charge in [0, 0.05) is 12.1 Å². The molecule has 0 aliphatic carbocycles. The van der Waals surface area contributed by atoms with E-state index in [-0.39, 0.29) is 11.5 Å². The Morgan fingerprint density at radius 3 is 2.87 bits per heavy atom. The summed E-state index contributed by atoms with van der Waals surface area (Å²) in [6.07, 6.45) is 1.70. The van der Waals surface area contributed by atoms with E-state index < -0.39 is 5.97 Å². The van der Waals surface area contributed by atoms with E-state index in [4.69, 9.17) is 5.11 Å². The fourth-order valence-electron chi connectivity index (χ4n) is 1.33. The molecule has 2 aromatic heterocycles. The first-order chi connectivity index (χ1) is 7.09. The van der Waals surface area contributed by atoms with Crippen LogP contribution in [0.5, 0.6) is 0 Å². The molecule has 0 saturated heterocycles. The molecule has 0 radical (unpaired) electrons. The van der Waals surface area contributed by atoms with Gasteiger partial charge in [-0.15, -0.1) is 0 Å². The van der Waals surface area contributed by atoms with Crippen molar-refractivity contribution in [2.75, 3.05) is 0 Å². The number of aromatic nitrogens is 3. The number of hydrogen-bond acceptors (Lipinski definition) is 3. The second kappa shape index (κ2) is 3.34. The molecule has 0 bridgehead atoms. The molecule has 78 valence electrons. The molecule has 0 aliphatic heterocycles. The van der Waals surface area contributed by atoms with Crippen LogP contribution in [0, 0.1) is 0 Å². The number of carboxylic acids is 1. The van der Waals surface area contributed by atoms with Gasteiger partial charge >= 0.3 is 5.97 Å². The average Bonchev–Trinajstić information content (AvgIpc) is 2.60. The fraction of sp³-hybridized carbons (Fsp3) is 0.300. The van der Waals surface area contributed by atoms with E-state index in [1.54, 1.807) is 12.3 Å². The van der Waals surface area contributed by atoms with E-state index >= 15 is 0 Å². The van der Waals surface area contributed by atoms with Crippen LogP contribution in [-0.4, -0.2) is 25.7 Å². The van der Waals surface area contributed by atoms with Crippen LogP contribution in [-0.2, 0) is 0 Å². The number of rotatable bonds is 2. The normalized spacial score (nSPS) is 11.1. The predicted molar refractivity (Wildman–Crippen MR) is 54.0 cm³/mol. The summed E-state index contributed by atoms with van der Waals surface area (Å²) in [5.74, 6) is -0.140. The smallest absolute Gasteiger partial charge is 0.339 e. The molecule has 0 saturated carbocycles. The van der Waals surface area contributed by atoms with Gasteiger partial charge in [-0.3, -0.25) is 0 Å². The highest BCUT2D eigenvalue weighted by molar-refractivity contribution is 5.94. The Bertz CT molecular complexity index is 516. The van der Waals surface area contributed by atoms with Crippen molar-refractivity contribution in [2.45, 2.75) is 19.8 Å².